The summed E-state index contributed by atoms with van der Waals surface area (Å²) in [6.45, 7) is 1.43. The second-order valence-corrected chi connectivity index (χ2v) is 6.70. The van der Waals surface area contributed by atoms with Gasteiger partial charge in [0.1, 0.15) is 18.7 Å². The molecular weight excluding hydrogens is 332 g/mol. The molecule has 3 rings (SSSR count). The van der Waals surface area contributed by atoms with Crippen LogP contribution in [0.3, 0.4) is 0 Å². The molecular formula is C15H20N4O4S. The summed E-state index contributed by atoms with van der Waals surface area (Å²) in [6, 6.07) is -1.39. The number of cyclic esters (lactones) is 1. The van der Waals surface area contributed by atoms with E-state index in [1.165, 1.54) is 23.3 Å². The number of nitrogens with one attached hydrogen (secondary N) is 1. The van der Waals surface area contributed by atoms with E-state index in [0.29, 0.717) is 19.5 Å². The maximum Gasteiger partial charge on any atom is 0.410 e. The molecule has 0 aliphatic carbocycles. The van der Waals surface area contributed by atoms with E-state index < -0.39 is 18.2 Å². The SMILES string of the molecule is CN1C(=O)OCC1C(=O)NC(Cc1cscn1)C(=O)N1CCCC1. The van der Waals surface area contributed by atoms with Crippen LogP contribution in [-0.2, 0) is 20.7 Å². The molecule has 8 nitrogen and oxygen atoms in total. The topological polar surface area (TPSA) is 91.8 Å². The van der Waals surface area contributed by atoms with Gasteiger partial charge in [0.25, 0.3) is 0 Å². The maximum absolute atomic E-state index is 12.7. The lowest BCUT2D eigenvalue weighted by Crippen LogP contribution is -2.54. The minimum atomic E-state index is -0.707. The van der Waals surface area contributed by atoms with Gasteiger partial charge in [0.2, 0.25) is 11.8 Å². The number of hydrogen-bond acceptors (Lipinski definition) is 6. The molecule has 2 saturated heterocycles. The van der Waals surface area contributed by atoms with Crippen LogP contribution in [0.15, 0.2) is 10.9 Å². The summed E-state index contributed by atoms with van der Waals surface area (Å²) in [6.07, 6.45) is 1.78. The summed E-state index contributed by atoms with van der Waals surface area (Å²) in [5.41, 5.74) is 2.47. The van der Waals surface area contributed by atoms with E-state index >= 15 is 0 Å². The van der Waals surface area contributed by atoms with Crippen molar-refractivity contribution in [2.45, 2.75) is 31.3 Å². The third kappa shape index (κ3) is 3.50. The summed E-state index contributed by atoms with van der Waals surface area (Å²) < 4.78 is 4.87. The third-order valence-electron chi connectivity index (χ3n) is 4.35. The highest BCUT2D eigenvalue weighted by Gasteiger charge is 2.37. The first kappa shape index (κ1) is 16.7. The van der Waals surface area contributed by atoms with Crippen LogP contribution in [-0.4, -0.2) is 71.5 Å². The smallest absolute Gasteiger partial charge is 0.410 e. The lowest BCUT2D eigenvalue weighted by atomic mass is 10.1. The number of hydrogen-bond donors (Lipinski definition) is 1. The van der Waals surface area contributed by atoms with Crippen molar-refractivity contribution in [3.05, 3.63) is 16.6 Å². The standard InChI is InChI=1S/C15H20N4O4S/c1-18-12(7-23-15(18)22)13(20)17-11(6-10-8-24-9-16-10)14(21)19-4-2-3-5-19/h8-9,11-12H,2-7H2,1H3,(H,17,20). The Balaban J connectivity index is 1.70. The predicted octanol–water partition coefficient (Wildman–Crippen LogP) is 0.243. The van der Waals surface area contributed by atoms with Gasteiger partial charge in [0.15, 0.2) is 0 Å². The lowest BCUT2D eigenvalue weighted by Gasteiger charge is -2.25. The van der Waals surface area contributed by atoms with Gasteiger partial charge in [-0.25, -0.2) is 9.78 Å². The molecule has 130 valence electrons. The number of ether oxygens (including phenoxy) is 1. The number of thiazole rings is 1. The van der Waals surface area contributed by atoms with Crippen LogP contribution in [0.1, 0.15) is 18.5 Å². The molecule has 0 saturated carbocycles. The highest BCUT2D eigenvalue weighted by Crippen LogP contribution is 2.14. The van der Waals surface area contributed by atoms with Gasteiger partial charge >= 0.3 is 6.09 Å². The van der Waals surface area contributed by atoms with Gasteiger partial charge in [-0.05, 0) is 12.8 Å². The number of carbonyl (C=O) groups is 3. The molecule has 0 radical (unpaired) electrons. The molecule has 1 aromatic rings. The molecule has 0 bridgehead atoms. The lowest BCUT2D eigenvalue weighted by molar-refractivity contribution is -0.136. The highest BCUT2D eigenvalue weighted by molar-refractivity contribution is 7.07. The summed E-state index contributed by atoms with van der Waals surface area (Å²) >= 11 is 1.45. The molecule has 1 N–H and O–H groups in total. The predicted molar refractivity (Wildman–Crippen MR) is 86.5 cm³/mol. The highest BCUT2D eigenvalue weighted by atomic mass is 32.1. The summed E-state index contributed by atoms with van der Waals surface area (Å²) in [5, 5.41) is 4.65. The van der Waals surface area contributed by atoms with Crippen LogP contribution in [0.25, 0.3) is 0 Å². The number of likely N-dealkylation sites (tertiary alicyclic amines) is 1. The van der Waals surface area contributed by atoms with Crippen LogP contribution in [0.5, 0.6) is 0 Å². The fourth-order valence-corrected chi connectivity index (χ4v) is 3.49. The van der Waals surface area contributed by atoms with Gasteiger partial charge < -0.3 is 15.0 Å². The van der Waals surface area contributed by atoms with E-state index in [0.717, 1.165) is 18.5 Å². The second kappa shape index (κ2) is 7.16. The molecule has 3 heterocycles. The van der Waals surface area contributed by atoms with E-state index in [2.05, 4.69) is 10.3 Å². The van der Waals surface area contributed by atoms with E-state index in [4.69, 9.17) is 4.74 Å². The van der Waals surface area contributed by atoms with E-state index in [1.54, 1.807) is 10.4 Å². The van der Waals surface area contributed by atoms with Crippen LogP contribution >= 0.6 is 11.3 Å². The fourth-order valence-electron chi connectivity index (χ4n) is 2.92. The van der Waals surface area contributed by atoms with Crippen LogP contribution < -0.4 is 5.32 Å². The minimum Gasteiger partial charge on any atom is -0.447 e. The Morgan fingerprint density at radius 2 is 2.21 bits per heavy atom. The Kier molecular flexibility index (Phi) is 4.98. The van der Waals surface area contributed by atoms with Crippen molar-refractivity contribution in [1.82, 2.24) is 20.1 Å². The summed E-state index contributed by atoms with van der Waals surface area (Å²) in [5.74, 6) is -0.474. The average molecular weight is 352 g/mol. The van der Waals surface area contributed by atoms with Gasteiger partial charge in [-0.1, -0.05) is 0 Å². The zero-order valence-corrected chi connectivity index (χ0v) is 14.3. The van der Waals surface area contributed by atoms with Gasteiger partial charge in [0.05, 0.1) is 11.2 Å². The normalized spacial score (nSPS) is 21.7. The first-order valence-corrected chi connectivity index (χ1v) is 8.86. The molecule has 2 unspecified atom stereocenters. The van der Waals surface area contributed by atoms with Crippen molar-refractivity contribution in [2.75, 3.05) is 26.7 Å². The first-order valence-electron chi connectivity index (χ1n) is 7.92. The number of likely N-dealkylation sites (N-methyl/N-ethyl adjacent to an activating group) is 1. The summed E-state index contributed by atoms with van der Waals surface area (Å²) in [7, 11) is 1.51. The summed E-state index contributed by atoms with van der Waals surface area (Å²) in [4.78, 5) is 43.9. The molecule has 2 aliphatic rings. The van der Waals surface area contributed by atoms with Crippen molar-refractivity contribution in [2.24, 2.45) is 0 Å². The zero-order chi connectivity index (χ0) is 17.1. The van der Waals surface area contributed by atoms with Gasteiger partial charge in [-0.2, -0.15) is 0 Å². The zero-order valence-electron chi connectivity index (χ0n) is 13.4. The molecule has 2 aliphatic heterocycles. The number of aromatic nitrogens is 1. The van der Waals surface area contributed by atoms with Crippen molar-refractivity contribution >= 4 is 29.2 Å². The maximum atomic E-state index is 12.7. The monoisotopic (exact) mass is 352 g/mol. The number of nitrogens with zero attached hydrogens (tertiary/aromatic N) is 3. The molecule has 2 fully saturated rings. The molecule has 3 amide bonds. The van der Waals surface area contributed by atoms with Crippen LogP contribution in [0.4, 0.5) is 4.79 Å². The Labute approximate surface area is 143 Å². The van der Waals surface area contributed by atoms with E-state index in [9.17, 15) is 14.4 Å². The Hall–Kier alpha value is -2.16. The van der Waals surface area contributed by atoms with Gasteiger partial charge in [-0.3, -0.25) is 14.5 Å². The van der Waals surface area contributed by atoms with Gasteiger partial charge in [0, 0.05) is 31.9 Å². The van der Waals surface area contributed by atoms with E-state index in [1.807, 2.05) is 5.38 Å². The molecule has 2 atom stereocenters. The van der Waals surface area contributed by atoms with Crippen molar-refractivity contribution in [3.63, 3.8) is 0 Å². The molecule has 1 aromatic heterocycles. The average Bonchev–Trinajstić information content (AvgIpc) is 3.30. The van der Waals surface area contributed by atoms with Crippen LogP contribution in [0, 0.1) is 0 Å². The van der Waals surface area contributed by atoms with E-state index in [-0.39, 0.29) is 18.4 Å². The molecule has 9 heteroatoms. The van der Waals surface area contributed by atoms with Crippen molar-refractivity contribution < 1.29 is 19.1 Å². The van der Waals surface area contributed by atoms with Gasteiger partial charge in [-0.15, -0.1) is 11.3 Å². The molecule has 24 heavy (non-hydrogen) atoms. The molecule has 0 aromatic carbocycles. The van der Waals surface area contributed by atoms with Crippen molar-refractivity contribution in [3.8, 4) is 0 Å². The number of amides is 3. The van der Waals surface area contributed by atoms with Crippen molar-refractivity contribution in [1.29, 1.82) is 0 Å². The largest absolute Gasteiger partial charge is 0.447 e. The minimum absolute atomic E-state index is 0.00247. The Morgan fingerprint density at radius 3 is 2.79 bits per heavy atom. The van der Waals surface area contributed by atoms with Crippen LogP contribution in [0.2, 0.25) is 0 Å². The second-order valence-electron chi connectivity index (χ2n) is 5.98. The third-order valence-corrected chi connectivity index (χ3v) is 4.99. The fraction of sp³-hybridized carbons (Fsp3) is 0.600. The molecule has 0 spiro atoms. The number of rotatable bonds is 5. The first-order chi connectivity index (χ1) is 11.6. The number of carbonyl (C=O) groups excluding carboxylic acids is 3. The Morgan fingerprint density at radius 1 is 1.46 bits per heavy atom. The Bertz CT molecular complexity index is 615. The quantitative estimate of drug-likeness (QED) is 0.820.